The Bertz CT molecular complexity index is 663. The molecule has 0 radical (unpaired) electrons. The molecule has 1 aromatic rings. The molecule has 1 aromatic heterocycles. The maximum absolute atomic E-state index is 12.7. The summed E-state index contributed by atoms with van der Waals surface area (Å²) in [5, 5.41) is 18.1. The van der Waals surface area contributed by atoms with Crippen LogP contribution in [-0.4, -0.2) is 53.7 Å². The predicted molar refractivity (Wildman–Crippen MR) is 76.7 cm³/mol. The number of pyridine rings is 1. The summed E-state index contributed by atoms with van der Waals surface area (Å²) in [5.74, 6) is 5.21. The Kier molecular flexibility index (Phi) is 4.96. The molecule has 2 unspecified atom stereocenters. The van der Waals surface area contributed by atoms with Crippen molar-refractivity contribution in [2.75, 3.05) is 19.8 Å². The van der Waals surface area contributed by atoms with E-state index in [2.05, 4.69) is 16.8 Å². The van der Waals surface area contributed by atoms with Gasteiger partial charge in [-0.1, -0.05) is 18.8 Å². The van der Waals surface area contributed by atoms with Crippen LogP contribution in [-0.2, 0) is 10.0 Å². The Morgan fingerprint density at radius 2 is 2.19 bits per heavy atom. The molecule has 1 aliphatic rings. The molecule has 2 heterocycles. The average molecular weight is 310 g/mol. The van der Waals surface area contributed by atoms with Crippen molar-refractivity contribution >= 4 is 10.0 Å². The van der Waals surface area contributed by atoms with Crippen LogP contribution in [0.4, 0.5) is 0 Å². The van der Waals surface area contributed by atoms with Gasteiger partial charge < -0.3 is 10.2 Å². The van der Waals surface area contributed by atoms with Crippen molar-refractivity contribution in [1.82, 2.24) is 9.29 Å². The summed E-state index contributed by atoms with van der Waals surface area (Å²) >= 11 is 0. The lowest BCUT2D eigenvalue weighted by Gasteiger charge is -2.24. The third-order valence-corrected chi connectivity index (χ3v) is 5.54. The molecule has 1 fully saturated rings. The number of aliphatic hydroxyl groups excluding tert-OH is 2. The van der Waals surface area contributed by atoms with Crippen LogP contribution >= 0.6 is 0 Å². The van der Waals surface area contributed by atoms with Gasteiger partial charge in [0.1, 0.15) is 11.5 Å². The van der Waals surface area contributed by atoms with E-state index in [-0.39, 0.29) is 24.0 Å². The number of hydrogen-bond donors (Lipinski definition) is 2. The molecule has 2 N–H and O–H groups in total. The van der Waals surface area contributed by atoms with Crippen molar-refractivity contribution in [3.8, 4) is 11.8 Å². The second-order valence-electron chi connectivity index (χ2n) is 5.00. The molecule has 0 bridgehead atoms. The maximum atomic E-state index is 12.7. The maximum Gasteiger partial charge on any atom is 0.244 e. The molecule has 21 heavy (non-hydrogen) atoms. The zero-order chi connectivity index (χ0) is 15.5. The van der Waals surface area contributed by atoms with Crippen LogP contribution in [0, 0.1) is 17.8 Å². The summed E-state index contributed by atoms with van der Waals surface area (Å²) in [7, 11) is -3.70. The number of aliphatic hydroxyl groups is 2. The molecule has 0 amide bonds. The van der Waals surface area contributed by atoms with E-state index in [0.717, 1.165) is 6.42 Å². The number of nitrogens with zero attached hydrogens (tertiary/aromatic N) is 2. The monoisotopic (exact) mass is 310 g/mol. The van der Waals surface area contributed by atoms with Gasteiger partial charge in [-0.2, -0.15) is 4.31 Å². The first-order valence-electron chi connectivity index (χ1n) is 6.68. The van der Waals surface area contributed by atoms with Gasteiger partial charge in [-0.05, 0) is 18.4 Å². The first kappa shape index (κ1) is 15.9. The fourth-order valence-electron chi connectivity index (χ4n) is 2.45. The molecule has 2 atom stereocenters. The molecule has 0 saturated carbocycles. The summed E-state index contributed by atoms with van der Waals surface area (Å²) in [6.45, 7) is 1.82. The third kappa shape index (κ3) is 3.24. The summed E-state index contributed by atoms with van der Waals surface area (Å²) in [5.41, 5.74) is 0.429. The fraction of sp³-hybridized carbons (Fsp3) is 0.500. The van der Waals surface area contributed by atoms with Gasteiger partial charge in [-0.25, -0.2) is 8.42 Å². The molecule has 0 aromatic carbocycles. The minimum atomic E-state index is -3.70. The van der Waals surface area contributed by atoms with Gasteiger partial charge in [0.2, 0.25) is 10.0 Å². The summed E-state index contributed by atoms with van der Waals surface area (Å²) in [6, 6.07) is 1.03. The van der Waals surface area contributed by atoms with Crippen molar-refractivity contribution in [2.45, 2.75) is 24.3 Å². The smallest absolute Gasteiger partial charge is 0.244 e. The van der Waals surface area contributed by atoms with Crippen LogP contribution in [0.25, 0.3) is 0 Å². The summed E-state index contributed by atoms with van der Waals surface area (Å²) in [6.07, 6.45) is 3.44. The fourth-order valence-corrected chi connectivity index (χ4v) is 4.17. The minimum absolute atomic E-state index is 0.0554. The Morgan fingerprint density at radius 3 is 2.86 bits per heavy atom. The van der Waals surface area contributed by atoms with Gasteiger partial charge in [0.25, 0.3) is 0 Å². The van der Waals surface area contributed by atoms with Crippen molar-refractivity contribution in [1.29, 1.82) is 0 Å². The van der Waals surface area contributed by atoms with Crippen LogP contribution in [0.5, 0.6) is 0 Å². The lowest BCUT2D eigenvalue weighted by molar-refractivity contribution is 0.191. The first-order valence-corrected chi connectivity index (χ1v) is 8.12. The molecule has 114 valence electrons. The number of rotatable bonds is 3. The van der Waals surface area contributed by atoms with Crippen molar-refractivity contribution in [3.63, 3.8) is 0 Å². The zero-order valence-corrected chi connectivity index (χ0v) is 12.5. The highest BCUT2D eigenvalue weighted by Crippen LogP contribution is 2.29. The Hall–Kier alpha value is -1.46. The lowest BCUT2D eigenvalue weighted by Crippen LogP contribution is -2.39. The van der Waals surface area contributed by atoms with Gasteiger partial charge in [0.15, 0.2) is 0 Å². The van der Waals surface area contributed by atoms with Gasteiger partial charge in [-0.3, -0.25) is 4.98 Å². The second kappa shape index (κ2) is 6.54. The van der Waals surface area contributed by atoms with Crippen LogP contribution in [0.3, 0.4) is 0 Å². The van der Waals surface area contributed by atoms with Crippen LogP contribution in [0.2, 0.25) is 0 Å². The molecule has 7 heteroatoms. The van der Waals surface area contributed by atoms with E-state index in [1.165, 1.54) is 22.8 Å². The van der Waals surface area contributed by atoms with Gasteiger partial charge in [0.05, 0.1) is 12.6 Å². The lowest BCUT2D eigenvalue weighted by atomic mass is 10.0. The molecular formula is C14H18N2O4S. The second-order valence-corrected chi connectivity index (χ2v) is 6.89. The molecule has 1 aliphatic heterocycles. The third-order valence-electron chi connectivity index (χ3n) is 3.65. The quantitative estimate of drug-likeness (QED) is 0.756. The Morgan fingerprint density at radius 1 is 1.43 bits per heavy atom. The van der Waals surface area contributed by atoms with Crippen molar-refractivity contribution in [3.05, 3.63) is 24.0 Å². The number of aromatic nitrogens is 1. The minimum Gasteiger partial charge on any atom is -0.395 e. The van der Waals surface area contributed by atoms with Gasteiger partial charge in [-0.15, -0.1) is 0 Å². The predicted octanol–water partition coefficient (Wildman–Crippen LogP) is -0.183. The Balaban J connectivity index is 2.36. The number of sulfonamides is 1. The standard InChI is InChI=1S/C14H18N2O4S/c1-11-4-5-16(14(11)10-18)21(19,20)13-7-12(3-2-6-17)8-15-9-13/h7-9,11,14,17-18H,4-6,10H2,1H3. The van der Waals surface area contributed by atoms with E-state index in [1.807, 2.05) is 6.92 Å². The zero-order valence-electron chi connectivity index (χ0n) is 11.7. The molecule has 0 aliphatic carbocycles. The molecular weight excluding hydrogens is 292 g/mol. The molecule has 6 nitrogen and oxygen atoms in total. The van der Waals surface area contributed by atoms with E-state index in [1.54, 1.807) is 0 Å². The topological polar surface area (TPSA) is 90.7 Å². The van der Waals surface area contributed by atoms with Crippen LogP contribution < -0.4 is 0 Å². The van der Waals surface area contributed by atoms with Crippen molar-refractivity contribution in [2.24, 2.45) is 5.92 Å². The molecule has 2 rings (SSSR count). The highest BCUT2D eigenvalue weighted by Gasteiger charge is 2.39. The highest BCUT2D eigenvalue weighted by molar-refractivity contribution is 7.89. The van der Waals surface area contributed by atoms with Crippen LogP contribution in [0.1, 0.15) is 18.9 Å². The van der Waals surface area contributed by atoms with E-state index >= 15 is 0 Å². The van der Waals surface area contributed by atoms with Gasteiger partial charge in [0, 0.05) is 24.5 Å². The summed E-state index contributed by atoms with van der Waals surface area (Å²) in [4.78, 5) is 3.95. The van der Waals surface area contributed by atoms with E-state index < -0.39 is 16.1 Å². The SMILES string of the molecule is CC1CCN(S(=O)(=O)c2cncc(C#CCO)c2)C1CO. The van der Waals surface area contributed by atoms with Crippen molar-refractivity contribution < 1.29 is 18.6 Å². The molecule has 1 saturated heterocycles. The highest BCUT2D eigenvalue weighted by atomic mass is 32.2. The van der Waals surface area contributed by atoms with E-state index in [4.69, 9.17) is 5.11 Å². The Labute approximate surface area is 124 Å². The number of hydrogen-bond acceptors (Lipinski definition) is 5. The van der Waals surface area contributed by atoms with Gasteiger partial charge >= 0.3 is 0 Å². The average Bonchev–Trinajstić information content (AvgIpc) is 2.87. The molecule has 0 spiro atoms. The largest absolute Gasteiger partial charge is 0.395 e. The normalized spacial score (nSPS) is 22.8. The van der Waals surface area contributed by atoms with Crippen LogP contribution in [0.15, 0.2) is 23.4 Å². The van der Waals surface area contributed by atoms with E-state index in [9.17, 15) is 13.5 Å². The van der Waals surface area contributed by atoms with E-state index in [0.29, 0.717) is 12.1 Å². The first-order chi connectivity index (χ1) is 10.0. The summed E-state index contributed by atoms with van der Waals surface area (Å²) < 4.78 is 26.6.